The molecule has 54 heavy (non-hydrogen) atoms. The Morgan fingerprint density at radius 1 is 0.944 bits per heavy atom. The van der Waals surface area contributed by atoms with Crippen molar-refractivity contribution >= 4 is 29.0 Å². The van der Waals surface area contributed by atoms with Crippen molar-refractivity contribution in [3.8, 4) is 0 Å². The molecule has 0 saturated carbocycles. The van der Waals surface area contributed by atoms with Crippen molar-refractivity contribution in [3.05, 3.63) is 99.2 Å². The van der Waals surface area contributed by atoms with Gasteiger partial charge in [0.25, 0.3) is 0 Å². The SMILES string of the molecule is C=C/C(C)=C\C=C(/C)Sc1cscc1CNCCC.C=C/C=C\C(C)=C(/C)C(CCCNCC)(C(=O)NCC(F)(F)F)C1=CCCCC1.CC.CC.CC. The van der Waals surface area contributed by atoms with Gasteiger partial charge in [0.2, 0.25) is 5.91 Å². The summed E-state index contributed by atoms with van der Waals surface area (Å²) in [5.41, 5.74) is 4.16. The second kappa shape index (κ2) is 34.9. The first kappa shape index (κ1) is 55.7. The van der Waals surface area contributed by atoms with Gasteiger partial charge in [0.05, 0.1) is 5.41 Å². The van der Waals surface area contributed by atoms with Gasteiger partial charge in [-0.15, -0.1) is 0 Å². The van der Waals surface area contributed by atoms with Crippen LogP contribution in [0.1, 0.15) is 134 Å². The molecule has 1 heterocycles. The number of thioether (sulfide) groups is 1. The summed E-state index contributed by atoms with van der Waals surface area (Å²) < 4.78 is 38.6. The fourth-order valence-corrected chi connectivity index (χ4v) is 7.26. The lowest BCUT2D eigenvalue weighted by atomic mass is 9.66. The monoisotopic (exact) mass is 796 g/mol. The highest BCUT2D eigenvalue weighted by molar-refractivity contribution is 8.03. The smallest absolute Gasteiger partial charge is 0.346 e. The molecule has 0 spiro atoms. The summed E-state index contributed by atoms with van der Waals surface area (Å²) in [6, 6.07) is 0. The van der Waals surface area contributed by atoms with Crippen molar-refractivity contribution in [2.75, 3.05) is 26.2 Å². The first-order valence-electron chi connectivity index (χ1n) is 20.0. The minimum Gasteiger partial charge on any atom is -0.346 e. The second-order valence-corrected chi connectivity index (χ2v) is 14.0. The summed E-state index contributed by atoms with van der Waals surface area (Å²) in [7, 11) is 0. The largest absolute Gasteiger partial charge is 0.405 e. The van der Waals surface area contributed by atoms with E-state index in [1.807, 2.05) is 86.2 Å². The molecule has 0 saturated heterocycles. The molecule has 1 aromatic rings. The van der Waals surface area contributed by atoms with Crippen LogP contribution >= 0.6 is 23.1 Å². The molecule has 3 N–H and O–H groups in total. The van der Waals surface area contributed by atoms with Gasteiger partial charge in [-0.3, -0.25) is 4.79 Å². The van der Waals surface area contributed by atoms with Gasteiger partial charge in [-0.1, -0.05) is 145 Å². The van der Waals surface area contributed by atoms with Gasteiger partial charge in [0, 0.05) is 16.8 Å². The number of hydrogen-bond acceptors (Lipinski definition) is 5. The number of thiophene rings is 1. The van der Waals surface area contributed by atoms with E-state index < -0.39 is 24.0 Å². The average molecular weight is 796 g/mol. The average Bonchev–Trinajstić information content (AvgIpc) is 3.63. The van der Waals surface area contributed by atoms with Crippen LogP contribution < -0.4 is 16.0 Å². The maximum absolute atomic E-state index is 13.3. The van der Waals surface area contributed by atoms with Gasteiger partial charge < -0.3 is 16.0 Å². The Kier molecular flexibility index (Phi) is 36.0. The quantitative estimate of drug-likeness (QED) is 0.0565. The molecule has 0 aliphatic heterocycles. The molecule has 1 atom stereocenters. The Labute approximate surface area is 338 Å². The number of allylic oxidation sites excluding steroid dienone is 10. The molecule has 1 aliphatic rings. The zero-order valence-electron chi connectivity index (χ0n) is 36.0. The zero-order chi connectivity index (χ0) is 42.0. The van der Waals surface area contributed by atoms with E-state index in [9.17, 15) is 18.0 Å². The lowest BCUT2D eigenvalue weighted by Gasteiger charge is -2.39. The van der Waals surface area contributed by atoms with E-state index in [0.717, 1.165) is 62.0 Å². The fraction of sp³-hybridized carbons (Fsp3) is 0.578. The van der Waals surface area contributed by atoms with Crippen molar-refractivity contribution in [2.45, 2.75) is 146 Å². The van der Waals surface area contributed by atoms with Crippen LogP contribution in [-0.2, 0) is 11.3 Å². The van der Waals surface area contributed by atoms with Crippen LogP contribution in [-0.4, -0.2) is 38.3 Å². The Morgan fingerprint density at radius 2 is 1.61 bits per heavy atom. The number of nitrogens with one attached hydrogen (secondary N) is 3. The molecular weight excluding hydrogens is 720 g/mol. The molecule has 1 unspecified atom stereocenters. The van der Waals surface area contributed by atoms with E-state index in [1.54, 1.807) is 23.5 Å². The van der Waals surface area contributed by atoms with Crippen LogP contribution in [0.5, 0.6) is 0 Å². The summed E-state index contributed by atoms with van der Waals surface area (Å²) in [5.74, 6) is -0.552. The molecule has 1 aromatic heterocycles. The Morgan fingerprint density at radius 3 is 2.15 bits per heavy atom. The molecule has 0 fully saturated rings. The summed E-state index contributed by atoms with van der Waals surface area (Å²) in [6.07, 6.45) is 15.0. The number of rotatable bonds is 19. The molecule has 0 aromatic carbocycles. The van der Waals surface area contributed by atoms with E-state index in [4.69, 9.17) is 0 Å². The molecule has 0 bridgehead atoms. The van der Waals surface area contributed by atoms with E-state index in [2.05, 4.69) is 78.9 Å². The maximum Gasteiger partial charge on any atom is 0.405 e. The minimum absolute atomic E-state index is 0.473. The van der Waals surface area contributed by atoms with Crippen LogP contribution in [0.4, 0.5) is 13.2 Å². The summed E-state index contributed by atoms with van der Waals surface area (Å²) >= 11 is 3.62. The highest BCUT2D eigenvalue weighted by Crippen LogP contribution is 2.46. The number of alkyl halides is 3. The maximum atomic E-state index is 13.3. The Balaban J connectivity index is -0.000000898. The standard InChI is InChI=1S/C23H35F3N2O.C16H23NS2.3C2H6/c1-5-7-12-18(3)19(4)22(15-11-16-27-6-2,20-13-9-8-10-14-20)21(29)28-17-23(24,25)26;1-5-9-17-10-15-11-18-12-16(15)19-14(4)8-7-13(3)6-2;3*1-2/h5,7,12-13,27H,1,6,8-11,14-17H2,2-4H3,(H,28,29);6-8,11-12,17H,2,5,9-10H2,1,3-4H3;3*1-2H3/b12-7-,19-18+;13-7-,14-8+;;;. The number of halogens is 3. The van der Waals surface area contributed by atoms with E-state index in [-0.39, 0.29) is 0 Å². The van der Waals surface area contributed by atoms with Crippen molar-refractivity contribution in [1.82, 2.24) is 16.0 Å². The zero-order valence-corrected chi connectivity index (χ0v) is 37.6. The number of carbonyl (C=O) groups excluding carboxylic acids is 1. The van der Waals surface area contributed by atoms with E-state index in [1.165, 1.54) is 27.4 Å². The van der Waals surface area contributed by atoms with Crippen LogP contribution in [0.3, 0.4) is 0 Å². The minimum atomic E-state index is -4.44. The lowest BCUT2D eigenvalue weighted by Crippen LogP contribution is -2.47. The normalized spacial score (nSPS) is 14.5. The van der Waals surface area contributed by atoms with Gasteiger partial charge in [0.1, 0.15) is 6.54 Å². The highest BCUT2D eigenvalue weighted by atomic mass is 32.2. The Hall–Kier alpha value is -2.59. The van der Waals surface area contributed by atoms with Gasteiger partial charge in [-0.2, -0.15) is 24.5 Å². The summed E-state index contributed by atoms with van der Waals surface area (Å²) in [4.78, 5) is 16.0. The van der Waals surface area contributed by atoms with Crippen LogP contribution in [0.15, 0.2) is 98.5 Å². The summed E-state index contributed by atoms with van der Waals surface area (Å²) in [5, 5.41) is 13.4. The van der Waals surface area contributed by atoms with Crippen molar-refractivity contribution in [1.29, 1.82) is 0 Å². The number of amides is 1. The third kappa shape index (κ3) is 23.4. The predicted octanol–water partition coefficient (Wildman–Crippen LogP) is 14.1. The molecular formula is C45H76F3N3OS2. The topological polar surface area (TPSA) is 53.2 Å². The number of carbonyl (C=O) groups is 1. The molecule has 1 amide bonds. The van der Waals surface area contributed by atoms with Crippen LogP contribution in [0.2, 0.25) is 0 Å². The van der Waals surface area contributed by atoms with Crippen molar-refractivity contribution < 1.29 is 18.0 Å². The van der Waals surface area contributed by atoms with Gasteiger partial charge >= 0.3 is 6.18 Å². The highest BCUT2D eigenvalue weighted by Gasteiger charge is 2.44. The third-order valence-electron chi connectivity index (χ3n) is 8.16. The predicted molar refractivity (Wildman–Crippen MR) is 237 cm³/mol. The van der Waals surface area contributed by atoms with Gasteiger partial charge in [0.15, 0.2) is 0 Å². The number of hydrogen-bond donors (Lipinski definition) is 3. The van der Waals surface area contributed by atoms with Crippen molar-refractivity contribution in [3.63, 3.8) is 0 Å². The molecule has 310 valence electrons. The van der Waals surface area contributed by atoms with E-state index >= 15 is 0 Å². The third-order valence-corrected chi connectivity index (χ3v) is 10.2. The molecule has 9 heteroatoms. The molecule has 1 aliphatic carbocycles. The van der Waals surface area contributed by atoms with Crippen LogP contribution in [0.25, 0.3) is 0 Å². The molecule has 4 nitrogen and oxygen atoms in total. The van der Waals surface area contributed by atoms with E-state index in [0.29, 0.717) is 19.4 Å². The van der Waals surface area contributed by atoms with Gasteiger partial charge in [-0.05, 0) is 108 Å². The Bertz CT molecular complexity index is 1310. The molecule has 0 radical (unpaired) electrons. The second-order valence-electron chi connectivity index (χ2n) is 12.0. The first-order valence-corrected chi connectivity index (χ1v) is 21.8. The van der Waals surface area contributed by atoms with Crippen LogP contribution in [0, 0.1) is 5.41 Å². The lowest BCUT2D eigenvalue weighted by molar-refractivity contribution is -0.142. The summed E-state index contributed by atoms with van der Waals surface area (Å²) in [6.45, 7) is 33.9. The van der Waals surface area contributed by atoms with Gasteiger partial charge in [-0.25, -0.2) is 0 Å². The van der Waals surface area contributed by atoms with Crippen molar-refractivity contribution in [2.24, 2.45) is 5.41 Å². The fourth-order valence-electron chi connectivity index (χ4n) is 5.36. The molecule has 2 rings (SSSR count). The first-order chi connectivity index (χ1) is 25.9.